The molecule has 25 heavy (non-hydrogen) atoms. The zero-order valence-electron chi connectivity index (χ0n) is 13.8. The highest BCUT2D eigenvalue weighted by molar-refractivity contribution is 7.18. The third kappa shape index (κ3) is 2.44. The third-order valence-corrected chi connectivity index (χ3v) is 5.91. The lowest BCUT2D eigenvalue weighted by atomic mass is 9.99. The third-order valence-electron chi connectivity index (χ3n) is 4.96. The number of nitrogens with zero attached hydrogens (tertiary/aromatic N) is 5. The van der Waals surface area contributed by atoms with Crippen LogP contribution in [0, 0.1) is 6.92 Å². The summed E-state index contributed by atoms with van der Waals surface area (Å²) >= 11 is 1.65. The molecule has 1 fully saturated rings. The van der Waals surface area contributed by atoms with E-state index in [2.05, 4.69) is 15.3 Å². The number of thiazole rings is 1. The molecule has 5 rings (SSSR count). The first-order valence-corrected chi connectivity index (χ1v) is 9.18. The topological polar surface area (TPSA) is 73.1 Å². The van der Waals surface area contributed by atoms with Crippen LogP contribution < -0.4 is 0 Å². The molecule has 4 heterocycles. The van der Waals surface area contributed by atoms with Crippen LogP contribution in [0.25, 0.3) is 10.2 Å². The average Bonchev–Trinajstić information content (AvgIpc) is 3.25. The van der Waals surface area contributed by atoms with E-state index in [9.17, 15) is 4.79 Å². The molecule has 0 N–H and O–H groups in total. The number of carbonyl (C=O) groups is 1. The first kappa shape index (κ1) is 15.0. The summed E-state index contributed by atoms with van der Waals surface area (Å²) in [6.07, 6.45) is 2.64. The van der Waals surface area contributed by atoms with Gasteiger partial charge in [-0.05, 0) is 31.5 Å². The van der Waals surface area contributed by atoms with E-state index in [0.717, 1.165) is 27.3 Å². The second-order valence-electron chi connectivity index (χ2n) is 6.54. The molecule has 7 nitrogen and oxygen atoms in total. The maximum absolute atomic E-state index is 13.0. The molecular formula is C17H17N5O2S. The molecular weight excluding hydrogens is 338 g/mol. The minimum absolute atomic E-state index is 0.0363. The fourth-order valence-corrected chi connectivity index (χ4v) is 4.53. The Morgan fingerprint density at radius 3 is 3.24 bits per heavy atom. The number of carbonyl (C=O) groups excluding carboxylic acids is 1. The first-order valence-electron chi connectivity index (χ1n) is 8.36. The Balaban J connectivity index is 1.42. The molecule has 2 aliphatic heterocycles. The van der Waals surface area contributed by atoms with E-state index in [4.69, 9.17) is 4.74 Å². The second kappa shape index (κ2) is 5.60. The number of hydrogen-bond donors (Lipinski definition) is 0. The number of fused-ring (bicyclic) bond motifs is 4. The Morgan fingerprint density at radius 2 is 2.32 bits per heavy atom. The summed E-state index contributed by atoms with van der Waals surface area (Å²) in [7, 11) is 0. The summed E-state index contributed by atoms with van der Waals surface area (Å²) in [5.74, 6) is 0.0400. The van der Waals surface area contributed by atoms with Crippen LogP contribution in [0.15, 0.2) is 24.4 Å². The van der Waals surface area contributed by atoms with E-state index in [0.29, 0.717) is 25.3 Å². The Labute approximate surface area is 148 Å². The van der Waals surface area contributed by atoms with Crippen LogP contribution in [0.5, 0.6) is 0 Å². The monoisotopic (exact) mass is 355 g/mol. The molecule has 0 spiro atoms. The smallest absolute Gasteiger partial charge is 0.254 e. The van der Waals surface area contributed by atoms with Crippen molar-refractivity contribution in [3.63, 3.8) is 0 Å². The standard InChI is InChI=1S/C17H17N5O2S/c1-10-19-13-6-11(2-3-16(13)25-10)17(23)21-5-4-15-14(8-21)22-12(9-24-15)7-18-20-22/h2-3,6-7,14-15H,4-5,8-9H2,1H3. The van der Waals surface area contributed by atoms with Crippen molar-refractivity contribution in [2.24, 2.45) is 0 Å². The number of amides is 1. The largest absolute Gasteiger partial charge is 0.370 e. The normalized spacial score (nSPS) is 22.7. The van der Waals surface area contributed by atoms with Gasteiger partial charge in [0.1, 0.15) is 0 Å². The molecule has 1 amide bonds. The lowest BCUT2D eigenvalue weighted by molar-refractivity contribution is -0.0605. The van der Waals surface area contributed by atoms with Gasteiger partial charge in [0, 0.05) is 18.7 Å². The maximum atomic E-state index is 13.0. The number of likely N-dealkylation sites (tertiary alicyclic amines) is 1. The molecule has 3 aromatic rings. The van der Waals surface area contributed by atoms with Crippen molar-refractivity contribution in [2.45, 2.75) is 32.1 Å². The van der Waals surface area contributed by atoms with Crippen molar-refractivity contribution in [1.82, 2.24) is 24.9 Å². The molecule has 2 unspecified atom stereocenters. The van der Waals surface area contributed by atoms with E-state index in [1.807, 2.05) is 34.7 Å². The predicted molar refractivity (Wildman–Crippen MR) is 92.5 cm³/mol. The lowest BCUT2D eigenvalue weighted by Crippen LogP contribution is -2.49. The zero-order chi connectivity index (χ0) is 17.0. The van der Waals surface area contributed by atoms with Crippen molar-refractivity contribution >= 4 is 27.5 Å². The van der Waals surface area contributed by atoms with Gasteiger partial charge in [0.2, 0.25) is 0 Å². The van der Waals surface area contributed by atoms with Crippen LogP contribution in [0.4, 0.5) is 0 Å². The van der Waals surface area contributed by atoms with Crippen molar-refractivity contribution in [2.75, 3.05) is 13.1 Å². The quantitative estimate of drug-likeness (QED) is 0.669. The van der Waals surface area contributed by atoms with E-state index < -0.39 is 0 Å². The van der Waals surface area contributed by atoms with Crippen molar-refractivity contribution in [3.8, 4) is 0 Å². The van der Waals surface area contributed by atoms with Crippen LogP contribution in [-0.4, -0.2) is 50.0 Å². The molecule has 1 aromatic carbocycles. The van der Waals surface area contributed by atoms with Crippen LogP contribution >= 0.6 is 11.3 Å². The summed E-state index contributed by atoms with van der Waals surface area (Å²) in [5.41, 5.74) is 2.55. The summed E-state index contributed by atoms with van der Waals surface area (Å²) in [6.45, 7) is 3.81. The Bertz CT molecular complexity index is 965. The molecule has 0 saturated carbocycles. The number of rotatable bonds is 1. The van der Waals surface area contributed by atoms with Crippen LogP contribution in [0.2, 0.25) is 0 Å². The number of aromatic nitrogens is 4. The van der Waals surface area contributed by atoms with Crippen LogP contribution in [0.1, 0.15) is 33.5 Å². The van der Waals surface area contributed by atoms with Gasteiger partial charge in [-0.25, -0.2) is 9.67 Å². The van der Waals surface area contributed by atoms with Crippen molar-refractivity contribution in [1.29, 1.82) is 0 Å². The Kier molecular flexibility index (Phi) is 3.36. The predicted octanol–water partition coefficient (Wildman–Crippen LogP) is 2.18. The van der Waals surface area contributed by atoms with E-state index in [1.165, 1.54) is 0 Å². The first-order chi connectivity index (χ1) is 12.2. The number of aryl methyl sites for hydroxylation is 1. The second-order valence-corrected chi connectivity index (χ2v) is 7.78. The molecule has 2 aromatic heterocycles. The summed E-state index contributed by atoms with van der Waals surface area (Å²) in [6, 6.07) is 5.81. The van der Waals surface area contributed by atoms with Crippen molar-refractivity contribution < 1.29 is 9.53 Å². The van der Waals surface area contributed by atoms with Gasteiger partial charge in [-0.15, -0.1) is 16.4 Å². The van der Waals surface area contributed by atoms with Crippen LogP contribution in [-0.2, 0) is 11.3 Å². The molecule has 0 bridgehead atoms. The molecule has 2 atom stereocenters. The summed E-state index contributed by atoms with van der Waals surface area (Å²) in [5, 5.41) is 9.19. The molecule has 0 radical (unpaired) electrons. The molecule has 2 aliphatic rings. The number of benzene rings is 1. The van der Waals surface area contributed by atoms with Gasteiger partial charge < -0.3 is 9.64 Å². The van der Waals surface area contributed by atoms with Gasteiger partial charge in [0.05, 0.1) is 45.9 Å². The van der Waals surface area contributed by atoms with Gasteiger partial charge in [0.15, 0.2) is 0 Å². The Morgan fingerprint density at radius 1 is 1.40 bits per heavy atom. The highest BCUT2D eigenvalue weighted by Gasteiger charge is 2.38. The maximum Gasteiger partial charge on any atom is 0.254 e. The highest BCUT2D eigenvalue weighted by atomic mass is 32.1. The molecule has 0 aliphatic carbocycles. The zero-order valence-corrected chi connectivity index (χ0v) is 14.6. The molecule has 128 valence electrons. The molecule has 1 saturated heterocycles. The van der Waals surface area contributed by atoms with E-state index in [1.54, 1.807) is 17.5 Å². The van der Waals surface area contributed by atoms with Gasteiger partial charge in [0.25, 0.3) is 5.91 Å². The van der Waals surface area contributed by atoms with Crippen molar-refractivity contribution in [3.05, 3.63) is 40.7 Å². The van der Waals surface area contributed by atoms with Gasteiger partial charge in [-0.3, -0.25) is 4.79 Å². The number of hydrogen-bond acceptors (Lipinski definition) is 6. The lowest BCUT2D eigenvalue weighted by Gasteiger charge is -2.41. The minimum Gasteiger partial charge on any atom is -0.370 e. The van der Waals surface area contributed by atoms with Gasteiger partial charge in [-0.2, -0.15) is 0 Å². The SMILES string of the molecule is Cc1nc2cc(C(=O)N3CCC4OCc5cnnn5C4C3)ccc2s1. The van der Waals surface area contributed by atoms with E-state index in [-0.39, 0.29) is 18.1 Å². The summed E-state index contributed by atoms with van der Waals surface area (Å²) in [4.78, 5) is 19.4. The number of piperidine rings is 1. The minimum atomic E-state index is 0.0363. The van der Waals surface area contributed by atoms with Gasteiger partial charge in [-0.1, -0.05) is 5.21 Å². The average molecular weight is 355 g/mol. The van der Waals surface area contributed by atoms with E-state index >= 15 is 0 Å². The fraction of sp³-hybridized carbons (Fsp3) is 0.412. The molecule has 8 heteroatoms. The fourth-order valence-electron chi connectivity index (χ4n) is 3.72. The van der Waals surface area contributed by atoms with Gasteiger partial charge >= 0.3 is 0 Å². The summed E-state index contributed by atoms with van der Waals surface area (Å²) < 4.78 is 8.94. The highest BCUT2D eigenvalue weighted by Crippen LogP contribution is 2.31. The number of ether oxygens (including phenoxy) is 1. The van der Waals surface area contributed by atoms with Crippen LogP contribution in [0.3, 0.4) is 0 Å². The Hall–Kier alpha value is -2.32.